The van der Waals surface area contributed by atoms with Crippen LogP contribution in [0.2, 0.25) is 0 Å². The number of benzene rings is 1. The first-order valence-electron chi connectivity index (χ1n) is 6.85. The molecule has 2 rings (SSSR count). The van der Waals surface area contributed by atoms with Crippen LogP contribution >= 0.6 is 0 Å². The Balaban J connectivity index is 1.90. The van der Waals surface area contributed by atoms with Crippen molar-refractivity contribution in [2.24, 2.45) is 0 Å². The summed E-state index contributed by atoms with van der Waals surface area (Å²) in [4.78, 5) is 13.3. The van der Waals surface area contributed by atoms with Crippen molar-refractivity contribution in [3.63, 3.8) is 0 Å². The Hall–Kier alpha value is -1.39. The van der Waals surface area contributed by atoms with Crippen molar-refractivity contribution in [2.45, 2.75) is 38.4 Å². The van der Waals surface area contributed by atoms with Gasteiger partial charge in [-0.25, -0.2) is 0 Å². The Morgan fingerprint density at radius 2 is 2.05 bits per heavy atom. The summed E-state index contributed by atoms with van der Waals surface area (Å²) in [6.07, 6.45) is 1.01. The zero-order chi connectivity index (χ0) is 13.8. The van der Waals surface area contributed by atoms with Gasteiger partial charge in [-0.15, -0.1) is 0 Å². The van der Waals surface area contributed by atoms with Crippen molar-refractivity contribution in [2.75, 3.05) is 13.1 Å². The van der Waals surface area contributed by atoms with Gasteiger partial charge < -0.3 is 10.4 Å². The van der Waals surface area contributed by atoms with E-state index in [1.165, 1.54) is 5.56 Å². The van der Waals surface area contributed by atoms with Crippen molar-refractivity contribution in [3.05, 3.63) is 35.9 Å². The number of hydrogen-bond acceptors (Lipinski definition) is 3. The van der Waals surface area contributed by atoms with Crippen LogP contribution in [0.1, 0.15) is 31.9 Å². The smallest absolute Gasteiger partial charge is 0.320 e. The molecule has 1 heterocycles. The van der Waals surface area contributed by atoms with E-state index in [0.717, 1.165) is 19.5 Å². The van der Waals surface area contributed by atoms with Gasteiger partial charge in [0, 0.05) is 25.2 Å². The minimum Gasteiger partial charge on any atom is -0.480 e. The number of rotatable bonds is 5. The van der Waals surface area contributed by atoms with E-state index in [1.807, 2.05) is 6.07 Å². The van der Waals surface area contributed by atoms with Crippen molar-refractivity contribution >= 4 is 5.97 Å². The van der Waals surface area contributed by atoms with Gasteiger partial charge in [-0.3, -0.25) is 9.69 Å². The van der Waals surface area contributed by atoms with E-state index in [0.29, 0.717) is 6.04 Å². The predicted octanol–water partition coefficient (Wildman–Crippen LogP) is 1.88. The van der Waals surface area contributed by atoms with Crippen LogP contribution in [-0.2, 0) is 4.79 Å². The SMILES string of the molecule is CC(c1ccccc1)N1CCC(N[C@@H](C)C(=O)O)C1. The molecule has 1 aliphatic heterocycles. The molecule has 0 bridgehead atoms. The van der Waals surface area contributed by atoms with Crippen molar-refractivity contribution in [1.82, 2.24) is 10.2 Å². The summed E-state index contributed by atoms with van der Waals surface area (Å²) in [6.45, 7) is 5.83. The van der Waals surface area contributed by atoms with E-state index >= 15 is 0 Å². The number of likely N-dealkylation sites (tertiary alicyclic amines) is 1. The second-order valence-electron chi connectivity index (χ2n) is 5.29. The molecule has 4 nitrogen and oxygen atoms in total. The molecule has 1 aromatic rings. The molecule has 0 aromatic heterocycles. The topological polar surface area (TPSA) is 52.6 Å². The minimum atomic E-state index is -0.783. The molecule has 1 aromatic carbocycles. The van der Waals surface area contributed by atoms with Gasteiger partial charge in [-0.05, 0) is 25.8 Å². The minimum absolute atomic E-state index is 0.275. The molecule has 3 atom stereocenters. The third-order valence-electron chi connectivity index (χ3n) is 3.91. The second-order valence-corrected chi connectivity index (χ2v) is 5.29. The number of carboxylic acid groups (broad SMARTS) is 1. The molecule has 19 heavy (non-hydrogen) atoms. The number of hydrogen-bond donors (Lipinski definition) is 2. The summed E-state index contributed by atoms with van der Waals surface area (Å²) in [7, 11) is 0. The fourth-order valence-electron chi connectivity index (χ4n) is 2.64. The number of carboxylic acids is 1. The number of aliphatic carboxylic acids is 1. The molecule has 4 heteroatoms. The molecule has 0 aliphatic carbocycles. The zero-order valence-electron chi connectivity index (χ0n) is 11.5. The average molecular weight is 262 g/mol. The number of carbonyl (C=O) groups is 1. The fourth-order valence-corrected chi connectivity index (χ4v) is 2.64. The molecule has 1 saturated heterocycles. The molecular formula is C15H22N2O2. The first kappa shape index (κ1) is 14.0. The van der Waals surface area contributed by atoms with Gasteiger partial charge in [0.05, 0.1) is 0 Å². The average Bonchev–Trinajstić information content (AvgIpc) is 2.87. The Morgan fingerprint density at radius 1 is 1.37 bits per heavy atom. The highest BCUT2D eigenvalue weighted by atomic mass is 16.4. The first-order chi connectivity index (χ1) is 9.08. The monoisotopic (exact) mass is 262 g/mol. The Labute approximate surface area is 114 Å². The summed E-state index contributed by atoms with van der Waals surface area (Å²) >= 11 is 0. The molecule has 1 aliphatic rings. The highest BCUT2D eigenvalue weighted by Crippen LogP contribution is 2.24. The summed E-state index contributed by atoms with van der Waals surface area (Å²) in [5.74, 6) is -0.783. The predicted molar refractivity (Wildman–Crippen MR) is 75.1 cm³/mol. The lowest BCUT2D eigenvalue weighted by Gasteiger charge is -2.25. The van der Waals surface area contributed by atoms with Gasteiger partial charge in [0.15, 0.2) is 0 Å². The van der Waals surface area contributed by atoms with Gasteiger partial charge >= 0.3 is 5.97 Å². The molecule has 1 fully saturated rings. The number of nitrogens with one attached hydrogen (secondary N) is 1. The Morgan fingerprint density at radius 3 is 2.68 bits per heavy atom. The maximum absolute atomic E-state index is 10.8. The van der Waals surface area contributed by atoms with Crippen LogP contribution in [0.5, 0.6) is 0 Å². The van der Waals surface area contributed by atoms with Crippen LogP contribution in [0.15, 0.2) is 30.3 Å². The normalized spacial score (nSPS) is 23.2. The van der Waals surface area contributed by atoms with Gasteiger partial charge in [0.25, 0.3) is 0 Å². The highest BCUT2D eigenvalue weighted by molar-refractivity contribution is 5.72. The lowest BCUT2D eigenvalue weighted by atomic mass is 10.1. The molecule has 0 saturated carbocycles. The lowest BCUT2D eigenvalue weighted by Crippen LogP contribution is -2.42. The molecule has 0 amide bonds. The fraction of sp³-hybridized carbons (Fsp3) is 0.533. The van der Waals surface area contributed by atoms with E-state index in [9.17, 15) is 4.79 Å². The quantitative estimate of drug-likeness (QED) is 0.851. The number of nitrogens with zero attached hydrogens (tertiary/aromatic N) is 1. The van der Waals surface area contributed by atoms with Gasteiger partial charge in [-0.1, -0.05) is 30.3 Å². The van der Waals surface area contributed by atoms with Crippen LogP contribution in [-0.4, -0.2) is 41.1 Å². The molecular weight excluding hydrogens is 240 g/mol. The zero-order valence-corrected chi connectivity index (χ0v) is 11.5. The maximum atomic E-state index is 10.8. The Bertz CT molecular complexity index is 421. The van der Waals surface area contributed by atoms with Crippen LogP contribution in [0.25, 0.3) is 0 Å². The van der Waals surface area contributed by atoms with E-state index in [2.05, 4.69) is 41.4 Å². The molecule has 0 spiro atoms. The summed E-state index contributed by atoms with van der Waals surface area (Å²) in [5, 5.41) is 12.1. The van der Waals surface area contributed by atoms with Gasteiger partial charge in [0.1, 0.15) is 6.04 Å². The van der Waals surface area contributed by atoms with E-state index < -0.39 is 12.0 Å². The molecule has 0 radical (unpaired) electrons. The van der Waals surface area contributed by atoms with Crippen LogP contribution in [0.4, 0.5) is 0 Å². The standard InChI is InChI=1S/C15H22N2O2/c1-11(15(18)19)16-14-8-9-17(10-14)12(2)13-6-4-3-5-7-13/h3-7,11-12,14,16H,8-10H2,1-2H3,(H,18,19)/t11-,12?,14?/m0/s1. The van der Waals surface area contributed by atoms with Gasteiger partial charge in [0.2, 0.25) is 0 Å². The maximum Gasteiger partial charge on any atom is 0.320 e. The van der Waals surface area contributed by atoms with Crippen LogP contribution in [0.3, 0.4) is 0 Å². The third kappa shape index (κ3) is 3.55. The summed E-state index contributed by atoms with van der Waals surface area (Å²) in [5.41, 5.74) is 1.31. The molecule has 2 unspecified atom stereocenters. The van der Waals surface area contributed by atoms with Crippen molar-refractivity contribution in [3.8, 4) is 0 Å². The lowest BCUT2D eigenvalue weighted by molar-refractivity contribution is -0.139. The van der Waals surface area contributed by atoms with E-state index in [1.54, 1.807) is 6.92 Å². The third-order valence-corrected chi connectivity index (χ3v) is 3.91. The van der Waals surface area contributed by atoms with Crippen LogP contribution in [0, 0.1) is 0 Å². The van der Waals surface area contributed by atoms with Gasteiger partial charge in [-0.2, -0.15) is 0 Å². The first-order valence-corrected chi connectivity index (χ1v) is 6.85. The van der Waals surface area contributed by atoms with Crippen molar-refractivity contribution in [1.29, 1.82) is 0 Å². The molecule has 104 valence electrons. The summed E-state index contributed by atoms with van der Waals surface area (Å²) < 4.78 is 0. The Kier molecular flexibility index (Phi) is 4.56. The van der Waals surface area contributed by atoms with E-state index in [-0.39, 0.29) is 6.04 Å². The highest BCUT2D eigenvalue weighted by Gasteiger charge is 2.28. The van der Waals surface area contributed by atoms with Crippen LogP contribution < -0.4 is 5.32 Å². The molecule has 2 N–H and O–H groups in total. The summed E-state index contributed by atoms with van der Waals surface area (Å²) in [6, 6.07) is 10.6. The largest absolute Gasteiger partial charge is 0.480 e. The second kappa shape index (κ2) is 6.17. The van der Waals surface area contributed by atoms with Crippen molar-refractivity contribution < 1.29 is 9.90 Å². The van der Waals surface area contributed by atoms with E-state index in [4.69, 9.17) is 5.11 Å².